The van der Waals surface area contributed by atoms with Gasteiger partial charge >= 0.3 is 12.4 Å². The van der Waals surface area contributed by atoms with Crippen molar-refractivity contribution in [1.82, 2.24) is 39.1 Å². The predicted octanol–water partition coefficient (Wildman–Crippen LogP) is 7.85. The van der Waals surface area contributed by atoms with Crippen LogP contribution in [0.25, 0.3) is 22.5 Å². The summed E-state index contributed by atoms with van der Waals surface area (Å²) in [5.41, 5.74) is 2.36. The van der Waals surface area contributed by atoms with E-state index in [0.717, 1.165) is 28.2 Å². The molecule has 0 aliphatic carbocycles. The average Bonchev–Trinajstić information content (AvgIpc) is 3.83. The first kappa shape index (κ1) is 37.0. The van der Waals surface area contributed by atoms with E-state index in [2.05, 4.69) is 31.0 Å². The first-order valence-corrected chi connectivity index (χ1v) is 15.5. The van der Waals surface area contributed by atoms with Crippen LogP contribution in [-0.4, -0.2) is 45.0 Å². The molecular formula is C32H28Cl2F6N10O. The van der Waals surface area contributed by atoms with Gasteiger partial charge in [0, 0.05) is 39.6 Å². The first-order valence-electron chi connectivity index (χ1n) is 14.7. The Morgan fingerprint density at radius 1 is 0.667 bits per heavy atom. The Bertz CT molecular complexity index is 2110. The number of benzene rings is 2. The molecule has 0 aliphatic rings. The fourth-order valence-electron chi connectivity index (χ4n) is 4.91. The van der Waals surface area contributed by atoms with Gasteiger partial charge in [-0.15, -0.1) is 0 Å². The van der Waals surface area contributed by atoms with Crippen LogP contribution in [-0.2, 0) is 47.1 Å². The van der Waals surface area contributed by atoms with Gasteiger partial charge in [-0.2, -0.15) is 46.7 Å². The number of halogens is 8. The van der Waals surface area contributed by atoms with Crippen LogP contribution < -0.4 is 10.6 Å². The highest BCUT2D eigenvalue weighted by atomic mass is 35.5. The van der Waals surface area contributed by atoms with Crippen LogP contribution >= 0.6 is 23.2 Å². The fraction of sp³-hybridized carbons (Fsp3) is 0.219. The summed E-state index contributed by atoms with van der Waals surface area (Å²) in [4.78, 5) is 12.2. The molecule has 0 saturated heterocycles. The maximum absolute atomic E-state index is 12.8. The van der Waals surface area contributed by atoms with Gasteiger partial charge in [0.15, 0.2) is 11.4 Å². The number of carbonyl (C=O) groups is 1. The second kappa shape index (κ2) is 14.5. The summed E-state index contributed by atoms with van der Waals surface area (Å²) in [5, 5.41) is 21.6. The Balaban J connectivity index is 0.000000198. The van der Waals surface area contributed by atoms with Crippen molar-refractivity contribution in [3.8, 4) is 22.5 Å². The lowest BCUT2D eigenvalue weighted by atomic mass is 10.1. The van der Waals surface area contributed by atoms with Gasteiger partial charge in [0.2, 0.25) is 0 Å². The highest BCUT2D eigenvalue weighted by Crippen LogP contribution is 2.33. The molecule has 6 rings (SSSR count). The van der Waals surface area contributed by atoms with E-state index in [1.54, 1.807) is 73.5 Å². The van der Waals surface area contributed by atoms with Gasteiger partial charge in [-0.3, -0.25) is 23.5 Å². The Morgan fingerprint density at radius 2 is 1.12 bits per heavy atom. The van der Waals surface area contributed by atoms with Gasteiger partial charge in [0.1, 0.15) is 5.69 Å². The van der Waals surface area contributed by atoms with Gasteiger partial charge in [0.25, 0.3) is 5.91 Å². The van der Waals surface area contributed by atoms with E-state index in [-0.39, 0.29) is 10.7 Å². The standard InChI is InChI=1S/C16H13ClF3N5O.C16H15ClF3N5/c1-24-12(7-13(23-24)16(18,19)20)9-3-5-10(6-4-9)22-15(26)14-11(17)8-21-25(14)2;1-24-14(12(17)8-22-24)9-21-11-5-3-10(4-6-11)13-7-15(16(18,19)20)23-25(13)2/h3-8H,1-2H3,(H,22,26);3-8,21H,9H2,1-2H3. The molecule has 0 radical (unpaired) electrons. The third-order valence-corrected chi connectivity index (χ3v) is 8.13. The molecule has 19 heteroatoms. The average molecular weight is 754 g/mol. The number of nitrogens with one attached hydrogen (secondary N) is 2. The molecule has 51 heavy (non-hydrogen) atoms. The Kier molecular flexibility index (Phi) is 10.5. The number of aryl methyl sites for hydroxylation is 4. The minimum absolute atomic E-state index is 0.206. The number of amides is 1. The van der Waals surface area contributed by atoms with Gasteiger partial charge in [-0.25, -0.2) is 0 Å². The maximum atomic E-state index is 12.8. The van der Waals surface area contributed by atoms with Crippen molar-refractivity contribution in [2.75, 3.05) is 10.6 Å². The zero-order valence-electron chi connectivity index (χ0n) is 27.1. The van der Waals surface area contributed by atoms with Crippen LogP contribution in [0.5, 0.6) is 0 Å². The minimum Gasteiger partial charge on any atom is -0.379 e. The van der Waals surface area contributed by atoms with Crippen LogP contribution in [0.15, 0.2) is 73.1 Å². The molecule has 0 unspecified atom stereocenters. The Hall–Kier alpha value is -5.29. The van der Waals surface area contributed by atoms with E-state index in [9.17, 15) is 31.1 Å². The van der Waals surface area contributed by atoms with Crippen molar-refractivity contribution < 1.29 is 31.1 Å². The van der Waals surface area contributed by atoms with Crippen LogP contribution in [0.1, 0.15) is 27.6 Å². The van der Waals surface area contributed by atoms with Gasteiger partial charge < -0.3 is 10.6 Å². The highest BCUT2D eigenvalue weighted by molar-refractivity contribution is 6.34. The highest BCUT2D eigenvalue weighted by Gasteiger charge is 2.35. The van der Waals surface area contributed by atoms with Crippen LogP contribution in [0.3, 0.4) is 0 Å². The summed E-state index contributed by atoms with van der Waals surface area (Å²) in [7, 11) is 6.31. The van der Waals surface area contributed by atoms with Gasteiger partial charge in [0.05, 0.1) is 46.1 Å². The Labute approximate surface area is 296 Å². The van der Waals surface area contributed by atoms with Crippen molar-refractivity contribution >= 4 is 40.5 Å². The lowest BCUT2D eigenvalue weighted by Gasteiger charge is -2.08. The molecule has 1 amide bonds. The molecule has 0 spiro atoms. The number of nitrogens with zero attached hydrogens (tertiary/aromatic N) is 8. The van der Waals surface area contributed by atoms with Gasteiger partial charge in [-0.05, 0) is 47.5 Å². The van der Waals surface area contributed by atoms with E-state index in [1.807, 2.05) is 0 Å². The quantitative estimate of drug-likeness (QED) is 0.161. The SMILES string of the molecule is Cn1nc(C(F)(F)F)cc1-c1ccc(NC(=O)c2c(Cl)cnn2C)cc1.Cn1nc(C(F)(F)F)cc1-c1ccc(NCc2c(Cl)cnn2C)cc1. The fourth-order valence-corrected chi connectivity index (χ4v) is 5.40. The van der Waals surface area contributed by atoms with E-state index in [0.29, 0.717) is 39.8 Å². The molecule has 0 fully saturated rings. The minimum atomic E-state index is -4.51. The van der Waals surface area contributed by atoms with Crippen molar-refractivity contribution in [3.05, 3.63) is 106 Å². The van der Waals surface area contributed by atoms with Crippen molar-refractivity contribution in [2.45, 2.75) is 18.9 Å². The van der Waals surface area contributed by atoms with Crippen molar-refractivity contribution in [1.29, 1.82) is 0 Å². The second-order valence-corrected chi connectivity index (χ2v) is 11.9. The number of anilines is 2. The molecule has 2 N–H and O–H groups in total. The van der Waals surface area contributed by atoms with E-state index in [1.165, 1.54) is 29.7 Å². The van der Waals surface area contributed by atoms with E-state index in [4.69, 9.17) is 23.2 Å². The summed E-state index contributed by atoms with van der Waals surface area (Å²) in [6.45, 7) is 0.485. The van der Waals surface area contributed by atoms with Crippen LogP contribution in [0.2, 0.25) is 10.0 Å². The lowest BCUT2D eigenvalue weighted by molar-refractivity contribution is -0.142. The maximum Gasteiger partial charge on any atom is 0.435 e. The third kappa shape index (κ3) is 8.54. The normalized spacial score (nSPS) is 11.7. The second-order valence-electron chi connectivity index (χ2n) is 11.1. The molecule has 0 atom stereocenters. The zero-order valence-corrected chi connectivity index (χ0v) is 28.7. The monoisotopic (exact) mass is 752 g/mol. The summed E-state index contributed by atoms with van der Waals surface area (Å²) in [5.74, 6) is -0.442. The molecule has 2 aromatic carbocycles. The van der Waals surface area contributed by atoms with Crippen molar-refractivity contribution in [3.63, 3.8) is 0 Å². The van der Waals surface area contributed by atoms with Gasteiger partial charge in [-0.1, -0.05) is 47.5 Å². The summed E-state index contributed by atoms with van der Waals surface area (Å²) >= 11 is 12.0. The van der Waals surface area contributed by atoms with E-state index < -0.39 is 29.6 Å². The zero-order chi connectivity index (χ0) is 37.2. The number of hydrogen-bond acceptors (Lipinski definition) is 6. The molecule has 4 heterocycles. The summed E-state index contributed by atoms with van der Waals surface area (Å²) in [6, 6.07) is 15.4. The predicted molar refractivity (Wildman–Crippen MR) is 179 cm³/mol. The number of carbonyl (C=O) groups excluding carboxylic acids is 1. The lowest BCUT2D eigenvalue weighted by Crippen LogP contribution is -2.16. The molecule has 268 valence electrons. The smallest absolute Gasteiger partial charge is 0.379 e. The largest absolute Gasteiger partial charge is 0.435 e. The molecule has 4 aromatic heterocycles. The number of aromatic nitrogens is 8. The van der Waals surface area contributed by atoms with Crippen LogP contribution in [0.4, 0.5) is 37.7 Å². The third-order valence-electron chi connectivity index (χ3n) is 7.54. The summed E-state index contributed by atoms with van der Waals surface area (Å²) in [6.07, 6.45) is -6.03. The number of hydrogen-bond donors (Lipinski definition) is 2. The molecule has 11 nitrogen and oxygen atoms in total. The summed E-state index contributed by atoms with van der Waals surface area (Å²) < 4.78 is 82.0. The molecular weight excluding hydrogens is 725 g/mol. The first-order chi connectivity index (χ1) is 23.9. The molecule has 0 aliphatic heterocycles. The Morgan fingerprint density at radius 3 is 1.51 bits per heavy atom. The number of alkyl halides is 6. The molecule has 0 bridgehead atoms. The number of rotatable bonds is 7. The van der Waals surface area contributed by atoms with E-state index >= 15 is 0 Å². The molecule has 0 saturated carbocycles. The topological polar surface area (TPSA) is 112 Å². The molecule has 6 aromatic rings. The van der Waals surface area contributed by atoms with Crippen LogP contribution in [0, 0.1) is 0 Å². The van der Waals surface area contributed by atoms with Crippen molar-refractivity contribution in [2.24, 2.45) is 28.2 Å².